The zero-order valence-electron chi connectivity index (χ0n) is 35.3. The molecular weight excluding hydrogens is 725 g/mol. The predicted molar refractivity (Wildman–Crippen MR) is 256 cm³/mol. The quantitative estimate of drug-likeness (QED) is 0.164. The summed E-state index contributed by atoms with van der Waals surface area (Å²) < 4.78 is 0. The summed E-state index contributed by atoms with van der Waals surface area (Å²) in [5, 5.41) is 5.04. The third kappa shape index (κ3) is 5.62. The molecule has 0 atom stereocenters. The van der Waals surface area contributed by atoms with Crippen LogP contribution in [0.4, 0.5) is 34.1 Å². The van der Waals surface area contributed by atoms with E-state index in [1.54, 1.807) is 0 Å². The predicted octanol–water partition coefficient (Wildman–Crippen LogP) is 15.9. The molecular formula is C58H48N2. The minimum absolute atomic E-state index is 0.929. The van der Waals surface area contributed by atoms with Crippen molar-refractivity contribution in [3.63, 3.8) is 0 Å². The molecule has 0 spiro atoms. The maximum absolute atomic E-state index is 2.49. The third-order valence-corrected chi connectivity index (χ3v) is 13.7. The number of hydrogen-bond donors (Lipinski definition) is 0. The summed E-state index contributed by atoms with van der Waals surface area (Å²) in [6.45, 7) is 13.6. The lowest BCUT2D eigenvalue weighted by Crippen LogP contribution is -2.18. The Hall–Kier alpha value is -6.90. The smallest absolute Gasteiger partial charge is 0.0497 e. The van der Waals surface area contributed by atoms with Gasteiger partial charge in [0, 0.05) is 47.0 Å². The Bertz CT molecular complexity index is 2880. The fraction of sp³-hybridized carbons (Fsp3) is 0.138. The van der Waals surface area contributed by atoms with E-state index in [-0.39, 0.29) is 0 Å². The van der Waals surface area contributed by atoms with E-state index in [9.17, 15) is 0 Å². The van der Waals surface area contributed by atoms with Gasteiger partial charge in [0.25, 0.3) is 0 Å². The van der Waals surface area contributed by atoms with Crippen LogP contribution >= 0.6 is 0 Å². The van der Waals surface area contributed by atoms with Crippen molar-refractivity contribution in [2.75, 3.05) is 9.80 Å². The van der Waals surface area contributed by atoms with Crippen LogP contribution in [0.1, 0.15) is 55.6 Å². The number of rotatable bonds is 4. The first kappa shape index (κ1) is 36.2. The molecule has 9 aromatic carbocycles. The Balaban J connectivity index is 1.27. The number of nitrogens with zero attached hydrogens (tertiary/aromatic N) is 2. The summed E-state index contributed by atoms with van der Waals surface area (Å²) in [5.74, 6) is 0. The molecule has 0 bridgehead atoms. The fourth-order valence-electron chi connectivity index (χ4n) is 10.2. The molecule has 2 heteroatoms. The maximum Gasteiger partial charge on any atom is 0.0497 e. The second-order valence-corrected chi connectivity index (χ2v) is 17.2. The van der Waals surface area contributed by atoms with Gasteiger partial charge in [-0.05, 0) is 190 Å². The highest BCUT2D eigenvalue weighted by Gasteiger charge is 2.28. The van der Waals surface area contributed by atoms with Gasteiger partial charge < -0.3 is 9.80 Å². The highest BCUT2D eigenvalue weighted by molar-refractivity contribution is 6.23. The molecule has 11 rings (SSSR count). The Labute approximate surface area is 354 Å². The molecule has 0 unspecified atom stereocenters. The molecule has 290 valence electrons. The first-order chi connectivity index (χ1) is 29.2. The standard InChI is InChI=1S/C58H48N2/c1-35-27-45(28-36(2)39(35)5)57-49-25-23-48(60-55-21-13-9-17-43(55)32-44-18-10-14-22-56(44)60)34-52(49)58(46-29-37(3)40(6)38(4)30-46)50-26-24-47(33-51(50)57)59-53-19-11-7-15-41(53)31-42-16-8-12-20-54(42)59/h7-30,33-34H,31-32H2,1-6H3. The van der Waals surface area contributed by atoms with Crippen LogP contribution in [0.15, 0.2) is 158 Å². The molecule has 0 saturated heterocycles. The second-order valence-electron chi connectivity index (χ2n) is 17.2. The monoisotopic (exact) mass is 772 g/mol. The molecule has 0 N–H and O–H groups in total. The summed E-state index contributed by atoms with van der Waals surface area (Å²) in [6, 6.07) is 59.8. The van der Waals surface area contributed by atoms with E-state index >= 15 is 0 Å². The van der Waals surface area contributed by atoms with Gasteiger partial charge in [-0.25, -0.2) is 0 Å². The minimum Gasteiger partial charge on any atom is -0.310 e. The highest BCUT2D eigenvalue weighted by Crippen LogP contribution is 2.51. The van der Waals surface area contributed by atoms with Crippen LogP contribution in [0.2, 0.25) is 0 Å². The lowest BCUT2D eigenvalue weighted by Gasteiger charge is -2.34. The molecule has 0 saturated carbocycles. The van der Waals surface area contributed by atoms with Gasteiger partial charge in [0.05, 0.1) is 0 Å². The topological polar surface area (TPSA) is 6.48 Å². The Morgan fingerprint density at radius 1 is 0.317 bits per heavy atom. The summed E-state index contributed by atoms with van der Waals surface area (Å²) in [5.41, 5.74) is 25.7. The molecule has 0 fully saturated rings. The van der Waals surface area contributed by atoms with Crippen molar-refractivity contribution in [2.45, 2.75) is 54.4 Å². The van der Waals surface area contributed by atoms with Crippen LogP contribution in [-0.2, 0) is 12.8 Å². The first-order valence-electron chi connectivity index (χ1n) is 21.4. The lowest BCUT2D eigenvalue weighted by atomic mass is 9.83. The van der Waals surface area contributed by atoms with Gasteiger partial charge in [0.2, 0.25) is 0 Å². The normalized spacial score (nSPS) is 13.0. The number of aryl methyl sites for hydroxylation is 4. The first-order valence-corrected chi connectivity index (χ1v) is 21.4. The molecule has 2 nitrogen and oxygen atoms in total. The van der Waals surface area contributed by atoms with E-state index < -0.39 is 0 Å². The Morgan fingerprint density at radius 2 is 0.617 bits per heavy atom. The van der Waals surface area contributed by atoms with Crippen molar-refractivity contribution in [2.24, 2.45) is 0 Å². The zero-order valence-corrected chi connectivity index (χ0v) is 35.3. The summed E-state index contributed by atoms with van der Waals surface area (Å²) in [6.07, 6.45) is 1.86. The highest BCUT2D eigenvalue weighted by atomic mass is 15.2. The van der Waals surface area contributed by atoms with Crippen LogP contribution in [0.5, 0.6) is 0 Å². The van der Waals surface area contributed by atoms with Gasteiger partial charge >= 0.3 is 0 Å². The molecule has 60 heavy (non-hydrogen) atoms. The van der Waals surface area contributed by atoms with Crippen molar-refractivity contribution in [1.82, 2.24) is 0 Å². The summed E-state index contributed by atoms with van der Waals surface area (Å²) >= 11 is 0. The van der Waals surface area contributed by atoms with Crippen LogP contribution in [0, 0.1) is 41.5 Å². The summed E-state index contributed by atoms with van der Waals surface area (Å²) in [4.78, 5) is 4.98. The van der Waals surface area contributed by atoms with Crippen LogP contribution in [-0.4, -0.2) is 0 Å². The molecule has 2 aliphatic rings. The van der Waals surface area contributed by atoms with Gasteiger partial charge in [-0.15, -0.1) is 0 Å². The van der Waals surface area contributed by atoms with E-state index in [0.29, 0.717) is 0 Å². The van der Waals surface area contributed by atoms with E-state index in [1.165, 1.54) is 134 Å². The molecule has 0 radical (unpaired) electrons. The van der Waals surface area contributed by atoms with Crippen molar-refractivity contribution in [1.29, 1.82) is 0 Å². The van der Waals surface area contributed by atoms with Crippen molar-refractivity contribution in [3.05, 3.63) is 213 Å². The lowest BCUT2D eigenvalue weighted by molar-refractivity contribution is 1.09. The number of hydrogen-bond acceptors (Lipinski definition) is 2. The summed E-state index contributed by atoms with van der Waals surface area (Å²) in [7, 11) is 0. The van der Waals surface area contributed by atoms with Crippen LogP contribution in [0.25, 0.3) is 43.8 Å². The second kappa shape index (κ2) is 13.9. The average molecular weight is 773 g/mol. The van der Waals surface area contributed by atoms with Crippen molar-refractivity contribution in [3.8, 4) is 22.3 Å². The number of para-hydroxylation sites is 4. The number of benzene rings is 9. The zero-order chi connectivity index (χ0) is 40.8. The Morgan fingerprint density at radius 3 is 0.933 bits per heavy atom. The molecule has 0 aliphatic carbocycles. The van der Waals surface area contributed by atoms with Crippen LogP contribution < -0.4 is 9.80 Å². The fourth-order valence-corrected chi connectivity index (χ4v) is 10.2. The third-order valence-electron chi connectivity index (χ3n) is 13.7. The van der Waals surface area contributed by atoms with Crippen LogP contribution in [0.3, 0.4) is 0 Å². The minimum atomic E-state index is 0.929. The molecule has 0 aromatic heterocycles. The van der Waals surface area contributed by atoms with Gasteiger partial charge in [-0.1, -0.05) is 109 Å². The van der Waals surface area contributed by atoms with Gasteiger partial charge in [0.1, 0.15) is 0 Å². The van der Waals surface area contributed by atoms with E-state index in [0.717, 1.165) is 12.8 Å². The van der Waals surface area contributed by atoms with Crippen molar-refractivity contribution >= 4 is 55.7 Å². The van der Waals surface area contributed by atoms with E-state index in [2.05, 4.69) is 209 Å². The van der Waals surface area contributed by atoms with Gasteiger partial charge in [0.15, 0.2) is 0 Å². The molecule has 0 amide bonds. The van der Waals surface area contributed by atoms with Gasteiger partial charge in [-0.2, -0.15) is 0 Å². The number of anilines is 6. The van der Waals surface area contributed by atoms with Crippen molar-refractivity contribution < 1.29 is 0 Å². The van der Waals surface area contributed by atoms with E-state index in [4.69, 9.17) is 0 Å². The Kier molecular flexibility index (Phi) is 8.36. The number of fused-ring (bicyclic) bond motifs is 6. The molecule has 2 heterocycles. The molecule has 9 aromatic rings. The molecule has 2 aliphatic heterocycles. The maximum atomic E-state index is 2.49. The van der Waals surface area contributed by atoms with E-state index in [1.807, 2.05) is 0 Å². The SMILES string of the molecule is Cc1cc(-c2c3ccc(N4c5ccccc5Cc5ccccc54)cc3c(-c3cc(C)c(C)c(C)c3)c3ccc(N4c5ccccc5Cc5ccccc54)cc23)cc(C)c1C. The largest absolute Gasteiger partial charge is 0.310 e. The average Bonchev–Trinajstić information content (AvgIpc) is 3.26. The van der Waals surface area contributed by atoms with Gasteiger partial charge in [-0.3, -0.25) is 0 Å².